The summed E-state index contributed by atoms with van der Waals surface area (Å²) in [6.45, 7) is 0.630. The van der Waals surface area contributed by atoms with Crippen molar-refractivity contribution in [2.45, 2.75) is 12.6 Å². The van der Waals surface area contributed by atoms with Crippen LogP contribution in [0.4, 0.5) is 24.5 Å². The van der Waals surface area contributed by atoms with Crippen molar-refractivity contribution in [3.63, 3.8) is 0 Å². The first kappa shape index (κ1) is 15.2. The Bertz CT molecular complexity index is 594. The maximum atomic E-state index is 12.8. The Labute approximate surface area is 122 Å². The van der Waals surface area contributed by atoms with Gasteiger partial charge in [0.05, 0.1) is 5.56 Å². The molecule has 112 valence electrons. The summed E-state index contributed by atoms with van der Waals surface area (Å²) < 4.78 is 38.5. The van der Waals surface area contributed by atoms with Crippen molar-refractivity contribution >= 4 is 11.4 Å². The Hall–Kier alpha value is -2.17. The third kappa shape index (κ3) is 3.90. The monoisotopic (exact) mass is 294 g/mol. The van der Waals surface area contributed by atoms with Crippen molar-refractivity contribution in [3.8, 4) is 0 Å². The Kier molecular flexibility index (Phi) is 4.40. The van der Waals surface area contributed by atoms with E-state index in [2.05, 4.69) is 0 Å². The molecule has 0 amide bonds. The molecular weight excluding hydrogens is 277 g/mol. The van der Waals surface area contributed by atoms with Crippen LogP contribution in [-0.4, -0.2) is 13.6 Å². The maximum Gasteiger partial charge on any atom is 0.418 e. The molecule has 0 heterocycles. The molecule has 0 unspecified atom stereocenters. The van der Waals surface area contributed by atoms with Crippen LogP contribution in [0.1, 0.15) is 11.1 Å². The first-order valence-electron chi connectivity index (χ1n) is 6.59. The molecule has 0 spiro atoms. The zero-order chi connectivity index (χ0) is 15.5. The molecule has 5 heteroatoms. The number of rotatable bonds is 4. The molecule has 0 aliphatic carbocycles. The lowest BCUT2D eigenvalue weighted by molar-refractivity contribution is -0.136. The highest BCUT2D eigenvalue weighted by Crippen LogP contribution is 2.35. The van der Waals surface area contributed by atoms with Gasteiger partial charge in [0.2, 0.25) is 0 Å². The van der Waals surface area contributed by atoms with Gasteiger partial charge in [0.1, 0.15) is 0 Å². The standard InChI is InChI=1S/C16H17F3N2/c1-21(10-9-12-5-3-2-4-6-12)13-7-8-15(20)14(11-13)16(17,18)19/h2-8,11H,9-10,20H2,1H3. The smallest absolute Gasteiger partial charge is 0.398 e. The molecule has 0 radical (unpaired) electrons. The summed E-state index contributed by atoms with van der Waals surface area (Å²) in [7, 11) is 1.77. The van der Waals surface area contributed by atoms with E-state index in [1.54, 1.807) is 18.0 Å². The van der Waals surface area contributed by atoms with Gasteiger partial charge in [0.15, 0.2) is 0 Å². The molecule has 0 atom stereocenters. The molecule has 0 aliphatic rings. The summed E-state index contributed by atoms with van der Waals surface area (Å²) in [5, 5.41) is 0. The van der Waals surface area contributed by atoms with E-state index in [1.807, 2.05) is 30.3 Å². The molecule has 2 rings (SSSR count). The Balaban J connectivity index is 2.11. The predicted molar refractivity (Wildman–Crippen MR) is 79.3 cm³/mol. The van der Waals surface area contributed by atoms with Crippen molar-refractivity contribution in [3.05, 3.63) is 59.7 Å². The molecular formula is C16H17F3N2. The van der Waals surface area contributed by atoms with Crippen molar-refractivity contribution in [1.29, 1.82) is 0 Å². The third-order valence-corrected chi connectivity index (χ3v) is 3.36. The van der Waals surface area contributed by atoms with Crippen LogP contribution in [0.2, 0.25) is 0 Å². The molecule has 0 saturated heterocycles. The lowest BCUT2D eigenvalue weighted by Gasteiger charge is -2.21. The summed E-state index contributed by atoms with van der Waals surface area (Å²) in [4.78, 5) is 1.79. The van der Waals surface area contributed by atoms with Gasteiger partial charge in [0, 0.05) is 25.0 Å². The highest BCUT2D eigenvalue weighted by atomic mass is 19.4. The SMILES string of the molecule is CN(CCc1ccccc1)c1ccc(N)c(C(F)(F)F)c1. The van der Waals surface area contributed by atoms with Crippen molar-refractivity contribution in [1.82, 2.24) is 0 Å². The number of nitrogens with two attached hydrogens (primary N) is 1. The Morgan fingerprint density at radius 3 is 2.33 bits per heavy atom. The molecule has 2 nitrogen and oxygen atoms in total. The molecule has 0 aromatic heterocycles. The third-order valence-electron chi connectivity index (χ3n) is 3.36. The van der Waals surface area contributed by atoms with Gasteiger partial charge in [-0.15, -0.1) is 0 Å². The summed E-state index contributed by atoms with van der Waals surface area (Å²) in [5.74, 6) is 0. The van der Waals surface area contributed by atoms with E-state index in [9.17, 15) is 13.2 Å². The molecule has 2 N–H and O–H groups in total. The Morgan fingerprint density at radius 1 is 1.05 bits per heavy atom. The molecule has 21 heavy (non-hydrogen) atoms. The number of anilines is 2. The van der Waals surface area contributed by atoms with Crippen LogP contribution < -0.4 is 10.6 Å². The number of halogens is 3. The molecule has 0 aliphatic heterocycles. The summed E-state index contributed by atoms with van der Waals surface area (Å²) in [6.07, 6.45) is -3.66. The van der Waals surface area contributed by atoms with E-state index in [4.69, 9.17) is 5.73 Å². The van der Waals surface area contributed by atoms with E-state index in [1.165, 1.54) is 6.07 Å². The molecule has 0 bridgehead atoms. The van der Waals surface area contributed by atoms with Crippen LogP contribution in [0, 0.1) is 0 Å². The highest BCUT2D eigenvalue weighted by molar-refractivity contribution is 5.59. The average Bonchev–Trinajstić information content (AvgIpc) is 2.45. The van der Waals surface area contributed by atoms with Gasteiger partial charge in [-0.05, 0) is 30.2 Å². The average molecular weight is 294 g/mol. The highest BCUT2D eigenvalue weighted by Gasteiger charge is 2.33. The first-order valence-corrected chi connectivity index (χ1v) is 6.59. The number of benzene rings is 2. The molecule has 0 fully saturated rings. The number of likely N-dealkylation sites (N-methyl/N-ethyl adjacent to an activating group) is 1. The normalized spacial score (nSPS) is 11.4. The topological polar surface area (TPSA) is 29.3 Å². The predicted octanol–water partition coefficient (Wildman–Crippen LogP) is 3.97. The molecule has 2 aromatic carbocycles. The van der Waals surface area contributed by atoms with Gasteiger partial charge in [-0.3, -0.25) is 0 Å². The fourth-order valence-corrected chi connectivity index (χ4v) is 2.10. The number of hydrogen-bond acceptors (Lipinski definition) is 2. The van der Waals surface area contributed by atoms with Crippen molar-refractivity contribution in [2.24, 2.45) is 0 Å². The van der Waals surface area contributed by atoms with Gasteiger partial charge < -0.3 is 10.6 Å². The quantitative estimate of drug-likeness (QED) is 0.865. The summed E-state index contributed by atoms with van der Waals surface area (Å²) in [5.41, 5.74) is 6.02. The summed E-state index contributed by atoms with van der Waals surface area (Å²) >= 11 is 0. The van der Waals surface area contributed by atoms with Crippen LogP contribution in [0.5, 0.6) is 0 Å². The van der Waals surface area contributed by atoms with Gasteiger partial charge in [-0.25, -0.2) is 0 Å². The van der Waals surface area contributed by atoms with E-state index >= 15 is 0 Å². The van der Waals surface area contributed by atoms with Crippen molar-refractivity contribution in [2.75, 3.05) is 24.2 Å². The van der Waals surface area contributed by atoms with Crippen LogP contribution in [0.15, 0.2) is 48.5 Å². The minimum absolute atomic E-state index is 0.247. The summed E-state index contributed by atoms with van der Waals surface area (Å²) in [6, 6.07) is 13.8. The van der Waals surface area contributed by atoms with E-state index in [0.29, 0.717) is 12.2 Å². The van der Waals surface area contributed by atoms with Gasteiger partial charge in [-0.2, -0.15) is 13.2 Å². The fraction of sp³-hybridized carbons (Fsp3) is 0.250. The number of nitrogens with zero attached hydrogens (tertiary/aromatic N) is 1. The second-order valence-corrected chi connectivity index (χ2v) is 4.93. The van der Waals surface area contributed by atoms with Gasteiger partial charge in [-0.1, -0.05) is 30.3 Å². The molecule has 2 aromatic rings. The van der Waals surface area contributed by atoms with Crippen molar-refractivity contribution < 1.29 is 13.2 Å². The number of nitrogen functional groups attached to an aromatic ring is 1. The van der Waals surface area contributed by atoms with Gasteiger partial charge in [0.25, 0.3) is 0 Å². The second kappa shape index (κ2) is 6.08. The van der Waals surface area contributed by atoms with E-state index in [-0.39, 0.29) is 5.69 Å². The number of alkyl halides is 3. The minimum Gasteiger partial charge on any atom is -0.398 e. The maximum absolute atomic E-state index is 12.8. The minimum atomic E-state index is -4.43. The van der Waals surface area contributed by atoms with E-state index < -0.39 is 11.7 Å². The fourth-order valence-electron chi connectivity index (χ4n) is 2.10. The van der Waals surface area contributed by atoms with Crippen LogP contribution in [0.3, 0.4) is 0 Å². The zero-order valence-electron chi connectivity index (χ0n) is 11.7. The second-order valence-electron chi connectivity index (χ2n) is 4.93. The first-order chi connectivity index (χ1) is 9.88. The van der Waals surface area contributed by atoms with Crippen LogP contribution in [0.25, 0.3) is 0 Å². The zero-order valence-corrected chi connectivity index (χ0v) is 11.7. The lowest BCUT2D eigenvalue weighted by atomic mass is 10.1. The lowest BCUT2D eigenvalue weighted by Crippen LogP contribution is -2.21. The van der Waals surface area contributed by atoms with E-state index in [0.717, 1.165) is 18.1 Å². The van der Waals surface area contributed by atoms with Crippen LogP contribution in [-0.2, 0) is 12.6 Å². The van der Waals surface area contributed by atoms with Crippen LogP contribution >= 0.6 is 0 Å². The molecule has 0 saturated carbocycles. The van der Waals surface area contributed by atoms with Gasteiger partial charge >= 0.3 is 6.18 Å². The number of hydrogen-bond donors (Lipinski definition) is 1. The largest absolute Gasteiger partial charge is 0.418 e. The Morgan fingerprint density at radius 2 is 1.71 bits per heavy atom.